The second-order valence-electron chi connectivity index (χ2n) is 13.9. The molecule has 0 amide bonds. The number of hydrogen-bond acceptors (Lipinski definition) is 2. The molecule has 0 radical (unpaired) electrons. The van der Waals surface area contributed by atoms with E-state index in [4.69, 9.17) is 9.31 Å². The van der Waals surface area contributed by atoms with E-state index in [1.807, 2.05) is 0 Å². The van der Waals surface area contributed by atoms with Crippen molar-refractivity contribution in [2.45, 2.75) is 44.3 Å². The summed E-state index contributed by atoms with van der Waals surface area (Å²) in [5.41, 5.74) is 7.45. The van der Waals surface area contributed by atoms with Gasteiger partial charge in [-0.25, -0.2) is 0 Å². The Morgan fingerprint density at radius 1 is 0.413 bits per heavy atom. The van der Waals surface area contributed by atoms with E-state index in [1.54, 1.807) is 0 Å². The SMILES string of the molecule is CC1(C)OB(c2ccc(C3(c4ccccc4)c4ccccc4-c4cc5c6ccccc6c6ccccc6c5cc43)cc2)OC1(C)C. The highest BCUT2D eigenvalue weighted by Gasteiger charge is 2.52. The van der Waals surface area contributed by atoms with Crippen molar-refractivity contribution in [1.29, 1.82) is 0 Å². The minimum absolute atomic E-state index is 0.390. The molecule has 1 aliphatic heterocycles. The Morgan fingerprint density at radius 3 is 1.50 bits per heavy atom. The van der Waals surface area contributed by atoms with Crippen LogP contribution in [0.1, 0.15) is 49.9 Å². The summed E-state index contributed by atoms with van der Waals surface area (Å²) < 4.78 is 12.9. The summed E-state index contributed by atoms with van der Waals surface area (Å²) in [7, 11) is -0.404. The summed E-state index contributed by atoms with van der Waals surface area (Å²) in [6.45, 7) is 8.43. The lowest BCUT2D eigenvalue weighted by Gasteiger charge is -2.34. The van der Waals surface area contributed by atoms with Gasteiger partial charge in [-0.1, -0.05) is 127 Å². The molecule has 1 atom stereocenters. The van der Waals surface area contributed by atoms with Gasteiger partial charge in [0.2, 0.25) is 0 Å². The highest BCUT2D eigenvalue weighted by Crippen LogP contribution is 2.57. The molecule has 2 aliphatic rings. The van der Waals surface area contributed by atoms with Crippen LogP contribution >= 0.6 is 0 Å². The monoisotopic (exact) mass is 594 g/mol. The maximum atomic E-state index is 6.44. The van der Waals surface area contributed by atoms with Crippen LogP contribution in [0.2, 0.25) is 0 Å². The second-order valence-corrected chi connectivity index (χ2v) is 13.9. The van der Waals surface area contributed by atoms with Gasteiger partial charge in [0, 0.05) is 0 Å². The molecule has 222 valence electrons. The third kappa shape index (κ3) is 3.67. The normalized spacial score (nSPS) is 19.5. The third-order valence-corrected chi connectivity index (χ3v) is 11.0. The van der Waals surface area contributed by atoms with E-state index in [0.717, 1.165) is 5.46 Å². The molecule has 0 N–H and O–H groups in total. The fourth-order valence-electron chi connectivity index (χ4n) is 8.02. The van der Waals surface area contributed by atoms with Crippen LogP contribution in [0.25, 0.3) is 43.4 Å². The molecule has 3 heteroatoms. The molecule has 7 aromatic rings. The molecule has 1 unspecified atom stereocenters. The molecule has 7 aromatic carbocycles. The summed E-state index contributed by atoms with van der Waals surface area (Å²) in [6.07, 6.45) is 0. The second kappa shape index (κ2) is 9.66. The predicted octanol–water partition coefficient (Wildman–Crippen LogP) is 9.81. The van der Waals surface area contributed by atoms with Crippen LogP contribution in [0, 0.1) is 0 Å². The Labute approximate surface area is 270 Å². The van der Waals surface area contributed by atoms with Crippen LogP contribution in [-0.2, 0) is 14.7 Å². The molecule has 2 nitrogen and oxygen atoms in total. The predicted molar refractivity (Wildman–Crippen MR) is 192 cm³/mol. The van der Waals surface area contributed by atoms with Gasteiger partial charge in [-0.15, -0.1) is 0 Å². The quantitative estimate of drug-likeness (QED) is 0.150. The lowest BCUT2D eigenvalue weighted by molar-refractivity contribution is 0.00578. The molecular formula is C43H35BO2. The summed E-state index contributed by atoms with van der Waals surface area (Å²) in [5.74, 6) is 0. The molecule has 1 fully saturated rings. The highest BCUT2D eigenvalue weighted by molar-refractivity contribution is 6.62. The summed E-state index contributed by atoms with van der Waals surface area (Å²) in [5, 5.41) is 7.74. The molecule has 1 heterocycles. The first-order valence-corrected chi connectivity index (χ1v) is 16.3. The van der Waals surface area contributed by atoms with E-state index < -0.39 is 12.5 Å². The van der Waals surface area contributed by atoms with E-state index in [-0.39, 0.29) is 11.2 Å². The molecule has 0 aromatic heterocycles. The molecule has 0 saturated carbocycles. The maximum Gasteiger partial charge on any atom is 0.494 e. The minimum Gasteiger partial charge on any atom is -0.399 e. The zero-order valence-electron chi connectivity index (χ0n) is 26.7. The average molecular weight is 595 g/mol. The maximum absolute atomic E-state index is 6.44. The Kier molecular flexibility index (Phi) is 5.79. The van der Waals surface area contributed by atoms with Gasteiger partial charge in [-0.2, -0.15) is 0 Å². The standard InChI is InChI=1S/C43H35BO2/c1-41(2)42(3,4)46-44(45-41)30-24-22-29(23-25-30)43(28-14-6-5-7-15-28)39-21-13-12-20-35(39)38-26-36-33-18-10-8-16-31(33)32-17-9-11-19-34(32)37(36)27-40(38)43/h5-27H,1-4H3. The van der Waals surface area contributed by atoms with Gasteiger partial charge < -0.3 is 9.31 Å². The lowest BCUT2D eigenvalue weighted by Crippen LogP contribution is -2.41. The first-order valence-electron chi connectivity index (χ1n) is 16.3. The first kappa shape index (κ1) is 27.6. The van der Waals surface area contributed by atoms with Crippen molar-refractivity contribution >= 4 is 44.9 Å². The van der Waals surface area contributed by atoms with Crippen molar-refractivity contribution in [3.63, 3.8) is 0 Å². The topological polar surface area (TPSA) is 18.5 Å². The Morgan fingerprint density at radius 2 is 0.891 bits per heavy atom. The molecular weight excluding hydrogens is 559 g/mol. The molecule has 1 saturated heterocycles. The smallest absolute Gasteiger partial charge is 0.399 e. The van der Waals surface area contributed by atoms with Crippen molar-refractivity contribution in [3.05, 3.63) is 162 Å². The molecule has 0 spiro atoms. The van der Waals surface area contributed by atoms with Gasteiger partial charge in [-0.05, 0) is 111 Å². The van der Waals surface area contributed by atoms with E-state index >= 15 is 0 Å². The van der Waals surface area contributed by atoms with Gasteiger partial charge in [-0.3, -0.25) is 0 Å². The summed E-state index contributed by atoms with van der Waals surface area (Å²) in [4.78, 5) is 0. The summed E-state index contributed by atoms with van der Waals surface area (Å²) in [6, 6.07) is 51.7. The van der Waals surface area contributed by atoms with Crippen LogP contribution < -0.4 is 5.46 Å². The zero-order valence-corrected chi connectivity index (χ0v) is 26.7. The fourth-order valence-corrected chi connectivity index (χ4v) is 8.02. The Bertz CT molecular complexity index is 2300. The van der Waals surface area contributed by atoms with Gasteiger partial charge in [0.1, 0.15) is 0 Å². The van der Waals surface area contributed by atoms with E-state index in [9.17, 15) is 0 Å². The van der Waals surface area contributed by atoms with E-state index in [1.165, 1.54) is 65.7 Å². The van der Waals surface area contributed by atoms with Crippen LogP contribution in [0.4, 0.5) is 0 Å². The van der Waals surface area contributed by atoms with Crippen LogP contribution in [-0.4, -0.2) is 18.3 Å². The van der Waals surface area contributed by atoms with Crippen molar-refractivity contribution in [2.24, 2.45) is 0 Å². The average Bonchev–Trinajstić information content (AvgIpc) is 3.50. The van der Waals surface area contributed by atoms with Gasteiger partial charge in [0.25, 0.3) is 0 Å². The molecule has 1 aliphatic carbocycles. The van der Waals surface area contributed by atoms with Crippen LogP contribution in [0.3, 0.4) is 0 Å². The molecule has 0 bridgehead atoms. The van der Waals surface area contributed by atoms with Crippen molar-refractivity contribution in [2.75, 3.05) is 0 Å². The largest absolute Gasteiger partial charge is 0.494 e. The van der Waals surface area contributed by atoms with E-state index in [2.05, 4.69) is 167 Å². The number of benzene rings is 7. The van der Waals surface area contributed by atoms with Gasteiger partial charge in [0.15, 0.2) is 0 Å². The van der Waals surface area contributed by atoms with Crippen molar-refractivity contribution in [1.82, 2.24) is 0 Å². The van der Waals surface area contributed by atoms with Crippen molar-refractivity contribution < 1.29 is 9.31 Å². The minimum atomic E-state index is -0.497. The Balaban J connectivity index is 1.35. The van der Waals surface area contributed by atoms with E-state index in [0.29, 0.717) is 0 Å². The molecule has 46 heavy (non-hydrogen) atoms. The molecule has 9 rings (SSSR count). The third-order valence-electron chi connectivity index (χ3n) is 11.0. The fraction of sp³-hybridized carbons (Fsp3) is 0.163. The summed E-state index contributed by atoms with van der Waals surface area (Å²) >= 11 is 0. The van der Waals surface area contributed by atoms with Crippen LogP contribution in [0.15, 0.2) is 140 Å². The number of fused-ring (bicyclic) bond motifs is 9. The van der Waals surface area contributed by atoms with Crippen LogP contribution in [0.5, 0.6) is 0 Å². The van der Waals surface area contributed by atoms with Gasteiger partial charge in [0.05, 0.1) is 16.6 Å². The Hall–Kier alpha value is -4.70. The van der Waals surface area contributed by atoms with Crippen molar-refractivity contribution in [3.8, 4) is 11.1 Å². The zero-order chi connectivity index (χ0) is 31.3. The number of rotatable bonds is 3. The highest BCUT2D eigenvalue weighted by atomic mass is 16.7. The first-order chi connectivity index (χ1) is 22.3. The number of hydrogen-bond donors (Lipinski definition) is 0. The lowest BCUT2D eigenvalue weighted by atomic mass is 9.66. The van der Waals surface area contributed by atoms with Gasteiger partial charge >= 0.3 is 7.12 Å².